The van der Waals surface area contributed by atoms with Crippen LogP contribution in [0.15, 0.2) is 47.3 Å². The maximum Gasteiger partial charge on any atom is 0.256 e. The Morgan fingerprint density at radius 3 is 2.81 bits per heavy atom. The van der Waals surface area contributed by atoms with Crippen molar-refractivity contribution in [3.63, 3.8) is 0 Å². The van der Waals surface area contributed by atoms with Gasteiger partial charge in [-0.05, 0) is 23.3 Å². The van der Waals surface area contributed by atoms with Gasteiger partial charge in [0.15, 0.2) is 5.65 Å². The molecule has 0 aliphatic heterocycles. The molecule has 3 rings (SSSR count). The molecule has 0 bridgehead atoms. The summed E-state index contributed by atoms with van der Waals surface area (Å²) in [5, 5.41) is 15.4. The van der Waals surface area contributed by atoms with E-state index < -0.39 is 0 Å². The summed E-state index contributed by atoms with van der Waals surface area (Å²) in [7, 11) is 0. The van der Waals surface area contributed by atoms with Crippen LogP contribution in [0.1, 0.15) is 27.9 Å². The lowest BCUT2D eigenvalue weighted by Gasteiger charge is -2.05. The molecule has 0 saturated heterocycles. The first-order chi connectivity index (χ1) is 13.2. The fraction of sp³-hybridized carbons (Fsp3) is 0.263. The Balaban J connectivity index is 1.62. The predicted molar refractivity (Wildman–Crippen MR) is 103 cm³/mol. The third kappa shape index (κ3) is 5.12. The molecule has 0 aliphatic rings. The SMILES string of the molecule is N#CCCOCCNC(=O)c1cnn2cc(Cc3ccc(Br)cc3)cnc12. The maximum atomic E-state index is 12.3. The molecule has 8 heteroatoms. The standard InChI is InChI=1S/C19H18BrN5O2/c20-16-4-2-14(3-5-16)10-15-11-23-18-17(12-24-25(18)13-15)19(26)22-7-9-27-8-1-6-21/h2-5,11-13H,1,7-10H2,(H,22,26). The minimum absolute atomic E-state index is 0.248. The van der Waals surface area contributed by atoms with Crippen LogP contribution in [0.3, 0.4) is 0 Å². The fourth-order valence-electron chi connectivity index (χ4n) is 2.55. The second kappa shape index (κ2) is 9.26. The summed E-state index contributed by atoms with van der Waals surface area (Å²) >= 11 is 3.43. The second-order valence-electron chi connectivity index (χ2n) is 5.87. The molecular weight excluding hydrogens is 410 g/mol. The number of nitrogens with one attached hydrogen (secondary N) is 1. The fourth-order valence-corrected chi connectivity index (χ4v) is 2.82. The maximum absolute atomic E-state index is 12.3. The molecule has 0 radical (unpaired) electrons. The smallest absolute Gasteiger partial charge is 0.256 e. The quantitative estimate of drug-likeness (QED) is 0.557. The van der Waals surface area contributed by atoms with E-state index in [2.05, 4.69) is 43.5 Å². The van der Waals surface area contributed by atoms with Crippen LogP contribution in [0, 0.1) is 11.3 Å². The summed E-state index contributed by atoms with van der Waals surface area (Å²) in [4.78, 5) is 16.7. The number of halogens is 1. The molecule has 7 nitrogen and oxygen atoms in total. The number of amides is 1. The van der Waals surface area contributed by atoms with Crippen LogP contribution in [0.25, 0.3) is 5.65 Å². The molecule has 0 aliphatic carbocycles. The van der Waals surface area contributed by atoms with Gasteiger partial charge in [-0.25, -0.2) is 9.50 Å². The molecule has 1 amide bonds. The van der Waals surface area contributed by atoms with Crippen molar-refractivity contribution in [2.75, 3.05) is 19.8 Å². The molecular formula is C19H18BrN5O2. The van der Waals surface area contributed by atoms with E-state index in [1.165, 1.54) is 11.8 Å². The van der Waals surface area contributed by atoms with Crippen molar-refractivity contribution in [3.05, 3.63) is 64.0 Å². The lowest BCUT2D eigenvalue weighted by atomic mass is 10.1. The number of carbonyl (C=O) groups is 1. The van der Waals surface area contributed by atoms with Crippen molar-refractivity contribution in [2.24, 2.45) is 0 Å². The van der Waals surface area contributed by atoms with Crippen molar-refractivity contribution < 1.29 is 9.53 Å². The average molecular weight is 428 g/mol. The van der Waals surface area contributed by atoms with E-state index in [9.17, 15) is 4.79 Å². The summed E-state index contributed by atoms with van der Waals surface area (Å²) in [5.41, 5.74) is 3.10. The van der Waals surface area contributed by atoms with Gasteiger partial charge in [-0.2, -0.15) is 10.4 Å². The molecule has 0 fully saturated rings. The first-order valence-corrected chi connectivity index (χ1v) is 9.26. The molecule has 138 valence electrons. The number of nitriles is 1. The minimum Gasteiger partial charge on any atom is -0.379 e. The number of hydrogen-bond acceptors (Lipinski definition) is 5. The topological polar surface area (TPSA) is 92.3 Å². The zero-order chi connectivity index (χ0) is 19.1. The van der Waals surface area contributed by atoms with Crippen molar-refractivity contribution in [2.45, 2.75) is 12.8 Å². The molecule has 27 heavy (non-hydrogen) atoms. The third-order valence-corrected chi connectivity index (χ3v) is 4.39. The summed E-state index contributed by atoms with van der Waals surface area (Å²) in [5.74, 6) is -0.248. The van der Waals surface area contributed by atoms with E-state index in [-0.39, 0.29) is 5.91 Å². The van der Waals surface area contributed by atoms with Gasteiger partial charge in [0.2, 0.25) is 0 Å². The third-order valence-electron chi connectivity index (χ3n) is 3.87. The van der Waals surface area contributed by atoms with E-state index in [0.29, 0.717) is 37.4 Å². The van der Waals surface area contributed by atoms with Gasteiger partial charge in [0.1, 0.15) is 5.56 Å². The molecule has 0 atom stereocenters. The molecule has 1 N–H and O–H groups in total. The number of nitrogens with zero attached hydrogens (tertiary/aromatic N) is 4. The average Bonchev–Trinajstić information content (AvgIpc) is 3.09. The summed E-state index contributed by atoms with van der Waals surface area (Å²) in [6.45, 7) is 1.09. The highest BCUT2D eigenvalue weighted by molar-refractivity contribution is 9.10. The molecule has 2 heterocycles. The summed E-state index contributed by atoms with van der Waals surface area (Å²) < 4.78 is 7.89. The Morgan fingerprint density at radius 1 is 1.22 bits per heavy atom. The van der Waals surface area contributed by atoms with Crippen molar-refractivity contribution >= 4 is 27.5 Å². The number of aromatic nitrogens is 3. The molecule has 1 aromatic carbocycles. The lowest BCUT2D eigenvalue weighted by Crippen LogP contribution is -2.27. The van der Waals surface area contributed by atoms with Gasteiger partial charge in [0.25, 0.3) is 5.91 Å². The van der Waals surface area contributed by atoms with Crippen LogP contribution in [0.4, 0.5) is 0 Å². The van der Waals surface area contributed by atoms with Crippen molar-refractivity contribution in [3.8, 4) is 6.07 Å². The number of rotatable bonds is 8. The van der Waals surface area contributed by atoms with E-state index in [4.69, 9.17) is 10.00 Å². The van der Waals surface area contributed by atoms with Crippen LogP contribution in [0.2, 0.25) is 0 Å². The number of carbonyl (C=O) groups excluding carboxylic acids is 1. The van der Waals surface area contributed by atoms with Crippen LogP contribution in [0.5, 0.6) is 0 Å². The van der Waals surface area contributed by atoms with Gasteiger partial charge in [-0.3, -0.25) is 4.79 Å². The van der Waals surface area contributed by atoms with E-state index in [1.807, 2.05) is 24.4 Å². The van der Waals surface area contributed by atoms with Gasteiger partial charge in [-0.15, -0.1) is 0 Å². The lowest BCUT2D eigenvalue weighted by molar-refractivity contribution is 0.0920. The van der Waals surface area contributed by atoms with Gasteiger partial charge in [0, 0.05) is 29.8 Å². The van der Waals surface area contributed by atoms with Crippen LogP contribution in [-0.4, -0.2) is 40.3 Å². The van der Waals surface area contributed by atoms with Crippen LogP contribution >= 0.6 is 15.9 Å². The predicted octanol–water partition coefficient (Wildman–Crippen LogP) is 2.74. The van der Waals surface area contributed by atoms with Gasteiger partial charge >= 0.3 is 0 Å². The van der Waals surface area contributed by atoms with Gasteiger partial charge < -0.3 is 10.1 Å². The Morgan fingerprint density at radius 2 is 2.04 bits per heavy atom. The van der Waals surface area contributed by atoms with Crippen LogP contribution in [-0.2, 0) is 11.2 Å². The highest BCUT2D eigenvalue weighted by atomic mass is 79.9. The number of fused-ring (bicyclic) bond motifs is 1. The van der Waals surface area contributed by atoms with E-state index in [1.54, 1.807) is 10.7 Å². The molecule has 0 saturated carbocycles. The second-order valence-corrected chi connectivity index (χ2v) is 6.78. The van der Waals surface area contributed by atoms with Gasteiger partial charge in [0.05, 0.1) is 31.9 Å². The number of benzene rings is 1. The van der Waals surface area contributed by atoms with E-state index in [0.717, 1.165) is 16.5 Å². The minimum atomic E-state index is -0.248. The Kier molecular flexibility index (Phi) is 6.52. The number of ether oxygens (including phenoxy) is 1. The first-order valence-electron chi connectivity index (χ1n) is 8.47. The Labute approximate surface area is 165 Å². The highest BCUT2D eigenvalue weighted by Crippen LogP contribution is 2.15. The molecule has 3 aromatic rings. The van der Waals surface area contributed by atoms with Crippen molar-refractivity contribution in [1.82, 2.24) is 19.9 Å². The zero-order valence-electron chi connectivity index (χ0n) is 14.6. The summed E-state index contributed by atoms with van der Waals surface area (Å²) in [6, 6.07) is 10.1. The molecule has 0 unspecified atom stereocenters. The van der Waals surface area contributed by atoms with E-state index >= 15 is 0 Å². The molecule has 2 aromatic heterocycles. The molecule has 0 spiro atoms. The zero-order valence-corrected chi connectivity index (χ0v) is 16.1. The normalized spacial score (nSPS) is 10.7. The largest absolute Gasteiger partial charge is 0.379 e. The highest BCUT2D eigenvalue weighted by Gasteiger charge is 2.14. The number of hydrogen-bond donors (Lipinski definition) is 1. The van der Waals surface area contributed by atoms with Gasteiger partial charge in [-0.1, -0.05) is 28.1 Å². The Hall–Kier alpha value is -2.76. The van der Waals surface area contributed by atoms with Crippen molar-refractivity contribution in [1.29, 1.82) is 5.26 Å². The Bertz CT molecular complexity index is 962. The van der Waals surface area contributed by atoms with Crippen LogP contribution < -0.4 is 5.32 Å². The first kappa shape index (κ1) is 19.0. The monoisotopic (exact) mass is 427 g/mol. The summed E-state index contributed by atoms with van der Waals surface area (Å²) in [6.07, 6.45) is 6.23.